The Labute approximate surface area is 198 Å². The van der Waals surface area contributed by atoms with Gasteiger partial charge in [0.2, 0.25) is 5.82 Å². The van der Waals surface area contributed by atoms with Crippen molar-refractivity contribution in [1.82, 2.24) is 29.7 Å². The van der Waals surface area contributed by atoms with Gasteiger partial charge in [0.1, 0.15) is 23.5 Å². The molecule has 4 atom stereocenters. The van der Waals surface area contributed by atoms with Crippen molar-refractivity contribution in [1.29, 1.82) is 0 Å². The first-order chi connectivity index (χ1) is 16.7. The van der Waals surface area contributed by atoms with Crippen molar-refractivity contribution >= 4 is 28.8 Å². The van der Waals surface area contributed by atoms with Crippen LogP contribution in [-0.4, -0.2) is 85.4 Å². The maximum atomic E-state index is 13.1. The molecule has 1 fully saturated rings. The quantitative estimate of drug-likeness (QED) is 0.341. The number of hydrogen-bond donors (Lipinski definition) is 4. The van der Waals surface area contributed by atoms with Crippen LogP contribution in [0.4, 0.5) is 10.2 Å². The van der Waals surface area contributed by atoms with Gasteiger partial charge >= 0.3 is 0 Å². The van der Waals surface area contributed by atoms with E-state index in [9.17, 15) is 24.2 Å². The largest absolute Gasteiger partial charge is 0.387 e. The number of anilines is 1. The number of aromatic nitrogens is 4. The van der Waals surface area contributed by atoms with E-state index < -0.39 is 36.3 Å². The van der Waals surface area contributed by atoms with Crippen molar-refractivity contribution in [2.75, 3.05) is 26.4 Å². The Morgan fingerprint density at radius 3 is 2.66 bits per heavy atom. The summed E-state index contributed by atoms with van der Waals surface area (Å²) in [5.41, 5.74) is 6.69. The number of rotatable bonds is 4. The van der Waals surface area contributed by atoms with E-state index in [4.69, 9.17) is 10.5 Å². The van der Waals surface area contributed by atoms with Crippen molar-refractivity contribution < 1.29 is 28.9 Å². The van der Waals surface area contributed by atoms with Gasteiger partial charge in [0, 0.05) is 19.7 Å². The number of imidazole rings is 1. The lowest BCUT2D eigenvalue weighted by molar-refractivity contribution is -0.137. The minimum Gasteiger partial charge on any atom is -0.387 e. The first-order valence-corrected chi connectivity index (χ1v) is 10.4. The van der Waals surface area contributed by atoms with Crippen LogP contribution in [0.1, 0.15) is 22.4 Å². The number of carbonyl (C=O) groups excluding carboxylic acids is 2. The monoisotopic (exact) mass is 483 g/mol. The predicted molar refractivity (Wildman–Crippen MR) is 120 cm³/mol. The molecule has 0 spiro atoms. The SMILES string of the molecule is CNC(=O)[C@H]1O[C@@H](n2cnc3c(N)nc(C#CCN(C)C(=O)c4ccc(F)cc4)nc32)C(O)[C@@H]1O. The number of nitrogens with two attached hydrogens (primary N) is 1. The number of aliphatic hydroxyl groups excluding tert-OH is 2. The molecule has 2 amide bonds. The summed E-state index contributed by atoms with van der Waals surface area (Å²) in [6, 6.07) is 5.16. The zero-order chi connectivity index (χ0) is 25.3. The van der Waals surface area contributed by atoms with E-state index in [0.29, 0.717) is 5.56 Å². The summed E-state index contributed by atoms with van der Waals surface area (Å²) in [5.74, 6) is 4.17. The highest BCUT2D eigenvalue weighted by molar-refractivity contribution is 5.94. The summed E-state index contributed by atoms with van der Waals surface area (Å²) in [6.07, 6.45) is -4.05. The summed E-state index contributed by atoms with van der Waals surface area (Å²) in [5, 5.41) is 23.0. The number of fused-ring (bicyclic) bond motifs is 1. The number of hydrogen-bond acceptors (Lipinski definition) is 9. The second-order valence-electron chi connectivity index (χ2n) is 7.77. The van der Waals surface area contributed by atoms with Gasteiger partial charge < -0.3 is 30.9 Å². The molecule has 1 aromatic carbocycles. The Balaban J connectivity index is 1.56. The van der Waals surface area contributed by atoms with Crippen molar-refractivity contribution in [3.8, 4) is 11.8 Å². The lowest BCUT2D eigenvalue weighted by Crippen LogP contribution is -2.41. The topological polar surface area (TPSA) is 169 Å². The Kier molecular flexibility index (Phi) is 6.61. The number of ether oxygens (including phenoxy) is 1. The maximum absolute atomic E-state index is 13.1. The summed E-state index contributed by atoms with van der Waals surface area (Å²) in [6.45, 7) is 0.0290. The van der Waals surface area contributed by atoms with E-state index in [1.54, 1.807) is 7.05 Å². The van der Waals surface area contributed by atoms with Crippen molar-refractivity contribution in [3.05, 3.63) is 47.8 Å². The van der Waals surface area contributed by atoms with Gasteiger partial charge in [-0.3, -0.25) is 14.2 Å². The van der Waals surface area contributed by atoms with Crippen LogP contribution >= 0.6 is 0 Å². The number of aliphatic hydroxyl groups is 2. The van der Waals surface area contributed by atoms with E-state index in [1.807, 2.05) is 0 Å². The molecule has 3 aromatic rings. The molecule has 1 aliphatic rings. The third-order valence-electron chi connectivity index (χ3n) is 5.42. The zero-order valence-corrected chi connectivity index (χ0v) is 18.7. The lowest BCUT2D eigenvalue weighted by Gasteiger charge is -2.16. The Bertz CT molecular complexity index is 1330. The molecule has 12 nitrogen and oxygen atoms in total. The molecule has 2 aromatic heterocycles. The first kappa shape index (κ1) is 24.0. The van der Waals surface area contributed by atoms with Crippen LogP contribution in [0.15, 0.2) is 30.6 Å². The Morgan fingerprint density at radius 2 is 1.97 bits per heavy atom. The third kappa shape index (κ3) is 4.62. The van der Waals surface area contributed by atoms with Gasteiger partial charge in [-0.15, -0.1) is 0 Å². The molecule has 182 valence electrons. The molecule has 0 radical (unpaired) electrons. The van der Waals surface area contributed by atoms with Crippen molar-refractivity contribution in [2.45, 2.75) is 24.5 Å². The molecule has 35 heavy (non-hydrogen) atoms. The number of nitrogens with one attached hydrogen (secondary N) is 1. The predicted octanol–water partition coefficient (Wildman–Crippen LogP) is -0.963. The molecule has 0 aliphatic carbocycles. The standard InChI is InChI=1S/C22H22FN7O5/c1-25-20(33)17-15(31)16(32)22(35-17)30-10-26-14-18(24)27-13(28-19(14)30)4-3-9-29(2)21(34)11-5-7-12(23)8-6-11/h5-8,10,15-17,22,31-32H,9H2,1-2H3,(H,25,33)(H2,24,27,28)/t15-,16?,17-,22+/m0/s1. The molecule has 13 heteroatoms. The number of carbonyl (C=O) groups is 2. The fourth-order valence-electron chi connectivity index (χ4n) is 3.55. The van der Waals surface area contributed by atoms with Gasteiger partial charge in [0.25, 0.3) is 11.8 Å². The number of halogens is 1. The molecule has 0 saturated carbocycles. The van der Waals surface area contributed by atoms with E-state index in [1.165, 1.54) is 47.1 Å². The molecule has 1 aliphatic heterocycles. The average Bonchev–Trinajstić information content (AvgIpc) is 3.39. The van der Waals surface area contributed by atoms with E-state index in [-0.39, 0.29) is 35.3 Å². The van der Waals surface area contributed by atoms with Gasteiger partial charge in [-0.1, -0.05) is 5.92 Å². The van der Waals surface area contributed by atoms with Crippen LogP contribution in [0, 0.1) is 17.7 Å². The van der Waals surface area contributed by atoms with Gasteiger partial charge in [0.15, 0.2) is 23.8 Å². The van der Waals surface area contributed by atoms with Crippen LogP contribution in [0.2, 0.25) is 0 Å². The molecule has 1 unspecified atom stereocenters. The molecule has 3 heterocycles. The molecule has 0 bridgehead atoms. The number of benzene rings is 1. The normalized spacial score (nSPS) is 21.4. The molecular weight excluding hydrogens is 461 g/mol. The first-order valence-electron chi connectivity index (χ1n) is 10.4. The molecular formula is C22H22FN7O5. The van der Waals surface area contributed by atoms with Crippen LogP contribution < -0.4 is 11.1 Å². The van der Waals surface area contributed by atoms with Gasteiger partial charge in [0.05, 0.1) is 12.9 Å². The maximum Gasteiger partial charge on any atom is 0.254 e. The minimum absolute atomic E-state index is 0.0182. The number of nitrogens with zero attached hydrogens (tertiary/aromatic N) is 5. The van der Waals surface area contributed by atoms with Crippen molar-refractivity contribution in [2.24, 2.45) is 0 Å². The highest BCUT2D eigenvalue weighted by atomic mass is 19.1. The summed E-state index contributed by atoms with van der Waals surface area (Å²) in [7, 11) is 2.93. The third-order valence-corrected chi connectivity index (χ3v) is 5.42. The molecule has 4 rings (SSSR count). The highest BCUT2D eigenvalue weighted by Gasteiger charge is 2.47. The summed E-state index contributed by atoms with van der Waals surface area (Å²) in [4.78, 5) is 38.3. The van der Waals surface area contributed by atoms with Crippen LogP contribution in [0.3, 0.4) is 0 Å². The van der Waals surface area contributed by atoms with Crippen molar-refractivity contribution in [3.63, 3.8) is 0 Å². The van der Waals surface area contributed by atoms with Crippen LogP contribution in [-0.2, 0) is 9.53 Å². The second kappa shape index (κ2) is 9.63. The molecule has 1 saturated heterocycles. The Hall–Kier alpha value is -4.12. The molecule has 5 N–H and O–H groups in total. The summed E-state index contributed by atoms with van der Waals surface area (Å²) >= 11 is 0. The van der Waals surface area contributed by atoms with Gasteiger partial charge in [-0.05, 0) is 30.2 Å². The van der Waals surface area contributed by atoms with Crippen LogP contribution in [0.5, 0.6) is 0 Å². The number of nitrogen functional groups attached to an aromatic ring is 1. The Morgan fingerprint density at radius 1 is 1.26 bits per heavy atom. The highest BCUT2D eigenvalue weighted by Crippen LogP contribution is 2.32. The van der Waals surface area contributed by atoms with E-state index in [2.05, 4.69) is 32.1 Å². The number of amides is 2. The smallest absolute Gasteiger partial charge is 0.254 e. The van der Waals surface area contributed by atoms with E-state index >= 15 is 0 Å². The number of likely N-dealkylation sites (N-methyl/N-ethyl adjacent to an activating group) is 1. The fourth-order valence-corrected chi connectivity index (χ4v) is 3.55. The van der Waals surface area contributed by atoms with Gasteiger partial charge in [-0.25, -0.2) is 19.3 Å². The summed E-state index contributed by atoms with van der Waals surface area (Å²) < 4.78 is 20.0. The van der Waals surface area contributed by atoms with Gasteiger partial charge in [-0.2, -0.15) is 0 Å². The fraction of sp³-hybridized carbons (Fsp3) is 0.318. The van der Waals surface area contributed by atoms with Crippen LogP contribution in [0.25, 0.3) is 11.2 Å². The second-order valence-corrected chi connectivity index (χ2v) is 7.77. The minimum atomic E-state index is -1.47. The lowest BCUT2D eigenvalue weighted by atomic mass is 10.1. The average molecular weight is 483 g/mol. The van der Waals surface area contributed by atoms with E-state index in [0.717, 1.165) is 0 Å². The zero-order valence-electron chi connectivity index (χ0n) is 18.7.